The smallest absolute Gasteiger partial charge is 0.462 e. The van der Waals surface area contributed by atoms with Gasteiger partial charge in [0.05, 0.1) is 19.3 Å². The van der Waals surface area contributed by atoms with Gasteiger partial charge in [0, 0.05) is 19.4 Å². The van der Waals surface area contributed by atoms with Gasteiger partial charge in [0.1, 0.15) is 6.61 Å². The number of unbranched alkanes of at least 4 members (excludes halogenated alkanes) is 17. The summed E-state index contributed by atoms with van der Waals surface area (Å²) in [7, 11) is -4.41. The number of aliphatic hydroxyl groups excluding tert-OH is 1. The van der Waals surface area contributed by atoms with E-state index in [9.17, 15) is 24.2 Å². The molecule has 0 saturated carbocycles. The zero-order valence-corrected chi connectivity index (χ0v) is 36.1. The molecule has 0 rings (SSSR count). The minimum absolute atomic E-state index is 0.0328. The zero-order valence-electron chi connectivity index (χ0n) is 35.2. The summed E-state index contributed by atoms with van der Waals surface area (Å²) in [5.41, 5.74) is 5.34. The lowest BCUT2D eigenvalue weighted by Gasteiger charge is -2.19. The van der Waals surface area contributed by atoms with Gasteiger partial charge in [0.25, 0.3) is 0 Å². The maximum Gasteiger partial charge on any atom is 0.472 e. The van der Waals surface area contributed by atoms with Crippen LogP contribution >= 0.6 is 7.82 Å². The number of ether oxygens (including phenoxy) is 2. The molecule has 0 radical (unpaired) electrons. The quantitative estimate of drug-likeness (QED) is 0.0179. The molecule has 4 N–H and O–H groups in total. The molecule has 0 aliphatic heterocycles. The number of nitrogens with two attached hydrogens (primary N) is 1. The summed E-state index contributed by atoms with van der Waals surface area (Å²) < 4.78 is 32.7. The number of carbonyl (C=O) groups is 2. The highest BCUT2D eigenvalue weighted by atomic mass is 31.2. The Morgan fingerprint density at radius 2 is 1.20 bits per heavy atom. The van der Waals surface area contributed by atoms with E-state index in [1.54, 1.807) is 6.08 Å². The maximum absolute atomic E-state index is 12.6. The first-order valence-corrected chi connectivity index (χ1v) is 23.4. The monoisotopic (exact) mass is 810 g/mol. The number of phosphoric ester groups is 1. The van der Waals surface area contributed by atoms with Gasteiger partial charge < -0.3 is 25.2 Å². The third kappa shape index (κ3) is 39.9. The molecule has 56 heavy (non-hydrogen) atoms. The predicted molar refractivity (Wildman–Crippen MR) is 230 cm³/mol. The first kappa shape index (κ1) is 53.7. The summed E-state index contributed by atoms with van der Waals surface area (Å²) in [4.78, 5) is 34.9. The van der Waals surface area contributed by atoms with Crippen molar-refractivity contribution in [3.05, 3.63) is 60.8 Å². The van der Waals surface area contributed by atoms with Crippen LogP contribution in [0, 0.1) is 0 Å². The topological polar surface area (TPSA) is 155 Å². The van der Waals surface area contributed by atoms with Crippen LogP contribution in [0.5, 0.6) is 0 Å². The van der Waals surface area contributed by atoms with Crippen molar-refractivity contribution in [3.63, 3.8) is 0 Å². The van der Waals surface area contributed by atoms with E-state index in [0.717, 1.165) is 32.1 Å². The molecule has 0 spiro atoms. The van der Waals surface area contributed by atoms with Gasteiger partial charge in [-0.25, -0.2) is 4.57 Å². The van der Waals surface area contributed by atoms with E-state index < -0.39 is 38.6 Å². The summed E-state index contributed by atoms with van der Waals surface area (Å²) in [6, 6.07) is 0. The van der Waals surface area contributed by atoms with Crippen LogP contribution in [-0.2, 0) is 32.7 Å². The van der Waals surface area contributed by atoms with E-state index in [0.29, 0.717) is 25.7 Å². The van der Waals surface area contributed by atoms with Crippen LogP contribution < -0.4 is 5.73 Å². The largest absolute Gasteiger partial charge is 0.472 e. The molecule has 0 amide bonds. The summed E-state index contributed by atoms with van der Waals surface area (Å²) >= 11 is 0. The van der Waals surface area contributed by atoms with E-state index >= 15 is 0 Å². The van der Waals surface area contributed by atoms with Crippen LogP contribution in [0.3, 0.4) is 0 Å². The van der Waals surface area contributed by atoms with Crippen molar-refractivity contribution in [3.8, 4) is 0 Å². The Hall–Kier alpha value is -2.33. The van der Waals surface area contributed by atoms with Gasteiger partial charge in [-0.1, -0.05) is 177 Å². The molecule has 324 valence electrons. The molecule has 0 heterocycles. The average molecular weight is 810 g/mol. The zero-order chi connectivity index (χ0) is 41.2. The molecule has 0 aliphatic rings. The Labute approximate surface area is 341 Å². The van der Waals surface area contributed by atoms with Gasteiger partial charge in [-0.3, -0.25) is 18.6 Å². The molecule has 0 bridgehead atoms. The second-order valence-electron chi connectivity index (χ2n) is 14.4. The van der Waals surface area contributed by atoms with Crippen LogP contribution in [0.1, 0.15) is 174 Å². The molecule has 10 nitrogen and oxygen atoms in total. The van der Waals surface area contributed by atoms with Crippen LogP contribution in [0.25, 0.3) is 0 Å². The molecule has 0 saturated heterocycles. The summed E-state index contributed by atoms with van der Waals surface area (Å²) in [6.07, 6.45) is 44.3. The number of hydrogen-bond donors (Lipinski definition) is 3. The van der Waals surface area contributed by atoms with E-state index in [-0.39, 0.29) is 32.6 Å². The molecule has 0 aromatic rings. The van der Waals surface area contributed by atoms with Crippen LogP contribution in [-0.4, -0.2) is 60.5 Å². The normalized spacial score (nSPS) is 14.4. The first-order chi connectivity index (χ1) is 27.2. The SMILES string of the molecule is CC/C=C\C/C=C\CC(O)/C=C/C=C\C/C=C\CCCC(=O)O[C@H](COC(=O)CCCCCCCCCCCCCCCCCCC)COP(=O)(O)OCCN. The fourth-order valence-corrected chi connectivity index (χ4v) is 6.52. The van der Waals surface area contributed by atoms with E-state index in [1.165, 1.54) is 89.9 Å². The minimum atomic E-state index is -4.41. The maximum atomic E-state index is 12.6. The first-order valence-electron chi connectivity index (χ1n) is 21.9. The number of esters is 2. The minimum Gasteiger partial charge on any atom is -0.462 e. The number of carbonyl (C=O) groups excluding carboxylic acids is 2. The molecule has 3 atom stereocenters. The highest BCUT2D eigenvalue weighted by molar-refractivity contribution is 7.47. The Bertz CT molecular complexity index is 1120. The molecule has 11 heteroatoms. The Kier molecular flexibility index (Phi) is 39.2. The average Bonchev–Trinajstić information content (AvgIpc) is 3.18. The molecular formula is C45H80NO9P. The highest BCUT2D eigenvalue weighted by Crippen LogP contribution is 2.43. The second kappa shape index (κ2) is 40.9. The molecule has 0 fully saturated rings. The van der Waals surface area contributed by atoms with Gasteiger partial charge in [0.2, 0.25) is 0 Å². The van der Waals surface area contributed by atoms with Crippen molar-refractivity contribution in [1.29, 1.82) is 0 Å². The van der Waals surface area contributed by atoms with Crippen LogP contribution in [0.4, 0.5) is 0 Å². The van der Waals surface area contributed by atoms with E-state index in [1.807, 2.05) is 42.5 Å². The summed E-state index contributed by atoms with van der Waals surface area (Å²) in [5, 5.41) is 10.0. The number of allylic oxidation sites excluding steroid dienone is 8. The summed E-state index contributed by atoms with van der Waals surface area (Å²) in [5.74, 6) is -0.935. The predicted octanol–water partition coefficient (Wildman–Crippen LogP) is 11.5. The Morgan fingerprint density at radius 3 is 1.80 bits per heavy atom. The van der Waals surface area contributed by atoms with E-state index in [2.05, 4.69) is 26.0 Å². The molecule has 0 aromatic heterocycles. The number of rotatable bonds is 40. The van der Waals surface area contributed by atoms with Gasteiger partial charge in [-0.05, 0) is 44.9 Å². The van der Waals surface area contributed by atoms with Crippen LogP contribution in [0.15, 0.2) is 60.8 Å². The third-order valence-electron chi connectivity index (χ3n) is 9.00. The lowest BCUT2D eigenvalue weighted by Crippen LogP contribution is -2.29. The Balaban J connectivity index is 4.29. The van der Waals surface area contributed by atoms with Crippen molar-refractivity contribution < 1.29 is 42.7 Å². The standard InChI is InChI=1S/C45H80NO9P/c1-3-5-7-9-11-12-13-14-15-16-17-18-19-20-24-28-32-36-44(48)52-40-43(41-54-56(50,51)53-39-38-46)55-45(49)37-33-29-25-22-21-23-27-31-35-42(47)34-30-26-10-8-6-4-2/h6,8,22-23,25-27,30-31,35,42-43,47H,3-5,7,9-21,24,28-29,32-34,36-41,46H2,1-2H3,(H,50,51)/b8-6-,25-22-,27-23-,30-26-,35-31+/t42?,43-/m1/s1. The van der Waals surface area contributed by atoms with E-state index in [4.69, 9.17) is 24.3 Å². The van der Waals surface area contributed by atoms with Gasteiger partial charge >= 0.3 is 19.8 Å². The number of hydrogen-bond acceptors (Lipinski definition) is 9. The second-order valence-corrected chi connectivity index (χ2v) is 15.8. The molecule has 0 aliphatic carbocycles. The molecular weight excluding hydrogens is 729 g/mol. The van der Waals surface area contributed by atoms with Crippen molar-refractivity contribution >= 4 is 19.8 Å². The van der Waals surface area contributed by atoms with Crippen molar-refractivity contribution in [2.75, 3.05) is 26.4 Å². The fourth-order valence-electron chi connectivity index (χ4n) is 5.75. The fraction of sp³-hybridized carbons (Fsp3) is 0.733. The number of aliphatic hydroxyl groups is 1. The van der Waals surface area contributed by atoms with Crippen molar-refractivity contribution in [2.45, 2.75) is 187 Å². The highest BCUT2D eigenvalue weighted by Gasteiger charge is 2.26. The van der Waals surface area contributed by atoms with Crippen molar-refractivity contribution in [2.24, 2.45) is 5.73 Å². The lowest BCUT2D eigenvalue weighted by molar-refractivity contribution is -0.161. The third-order valence-corrected chi connectivity index (χ3v) is 9.98. The summed E-state index contributed by atoms with van der Waals surface area (Å²) in [6.45, 7) is 3.46. The van der Waals surface area contributed by atoms with Gasteiger partial charge in [-0.2, -0.15) is 0 Å². The Morgan fingerprint density at radius 1 is 0.643 bits per heavy atom. The molecule has 0 aromatic carbocycles. The van der Waals surface area contributed by atoms with Gasteiger partial charge in [0.15, 0.2) is 6.10 Å². The van der Waals surface area contributed by atoms with Crippen molar-refractivity contribution in [1.82, 2.24) is 0 Å². The lowest BCUT2D eigenvalue weighted by atomic mass is 10.0. The van der Waals surface area contributed by atoms with Gasteiger partial charge in [-0.15, -0.1) is 0 Å². The van der Waals surface area contributed by atoms with Crippen LogP contribution in [0.2, 0.25) is 0 Å². The molecule has 2 unspecified atom stereocenters. The number of phosphoric acid groups is 1.